The topological polar surface area (TPSA) is 69.2 Å². The van der Waals surface area contributed by atoms with Crippen LogP contribution in [0.3, 0.4) is 0 Å². The molecule has 28 heavy (non-hydrogen) atoms. The van der Waals surface area contributed by atoms with Crippen LogP contribution >= 0.6 is 0 Å². The Balaban J connectivity index is 1.67. The number of carbonyl (C=O) groups excluding carboxylic acids is 1. The SMILES string of the molecule is CN=C(NCCCN1CC(C)CC(C)C1)N1CCC(NC(=O)OC(C)(C)C)C1. The van der Waals surface area contributed by atoms with Gasteiger partial charge in [0.1, 0.15) is 5.60 Å². The van der Waals surface area contributed by atoms with Gasteiger partial charge < -0.3 is 25.2 Å². The van der Waals surface area contributed by atoms with Crippen molar-refractivity contribution in [2.45, 2.75) is 65.5 Å². The molecule has 0 radical (unpaired) electrons. The summed E-state index contributed by atoms with van der Waals surface area (Å²) in [6.07, 6.45) is 3.04. The Morgan fingerprint density at radius 1 is 1.18 bits per heavy atom. The quantitative estimate of drug-likeness (QED) is 0.425. The van der Waals surface area contributed by atoms with Crippen molar-refractivity contribution in [3.63, 3.8) is 0 Å². The van der Waals surface area contributed by atoms with Crippen LogP contribution in [0.15, 0.2) is 4.99 Å². The van der Waals surface area contributed by atoms with Crippen molar-refractivity contribution in [2.24, 2.45) is 16.8 Å². The molecule has 0 saturated carbocycles. The molecule has 0 spiro atoms. The average Bonchev–Trinajstić information content (AvgIpc) is 3.00. The molecular formula is C21H41N5O2. The van der Waals surface area contributed by atoms with E-state index in [1.165, 1.54) is 19.5 Å². The van der Waals surface area contributed by atoms with E-state index in [0.717, 1.165) is 56.8 Å². The number of piperidine rings is 1. The second kappa shape index (κ2) is 10.3. The number of ether oxygens (including phenoxy) is 1. The van der Waals surface area contributed by atoms with Crippen molar-refractivity contribution >= 4 is 12.1 Å². The number of carbonyl (C=O) groups is 1. The number of likely N-dealkylation sites (tertiary alicyclic amines) is 2. The van der Waals surface area contributed by atoms with Crippen LogP contribution in [-0.2, 0) is 4.74 Å². The predicted octanol–water partition coefficient (Wildman–Crippen LogP) is 2.53. The third-order valence-electron chi connectivity index (χ3n) is 5.30. The molecule has 2 fully saturated rings. The fraction of sp³-hybridized carbons (Fsp3) is 0.905. The number of alkyl carbamates (subject to hydrolysis) is 1. The lowest BCUT2D eigenvalue weighted by atomic mass is 9.92. The average molecular weight is 396 g/mol. The highest BCUT2D eigenvalue weighted by Gasteiger charge is 2.28. The molecule has 1 amide bonds. The lowest BCUT2D eigenvalue weighted by Crippen LogP contribution is -2.45. The van der Waals surface area contributed by atoms with Gasteiger partial charge in [0.05, 0.1) is 6.04 Å². The highest BCUT2D eigenvalue weighted by molar-refractivity contribution is 5.80. The van der Waals surface area contributed by atoms with Crippen LogP contribution in [-0.4, -0.2) is 79.8 Å². The predicted molar refractivity (Wildman–Crippen MR) is 115 cm³/mol. The summed E-state index contributed by atoms with van der Waals surface area (Å²) in [7, 11) is 1.82. The smallest absolute Gasteiger partial charge is 0.407 e. The molecular weight excluding hydrogens is 354 g/mol. The highest BCUT2D eigenvalue weighted by Crippen LogP contribution is 2.20. The summed E-state index contributed by atoms with van der Waals surface area (Å²) in [5.41, 5.74) is -0.468. The van der Waals surface area contributed by atoms with Crippen LogP contribution in [0, 0.1) is 11.8 Å². The fourth-order valence-corrected chi connectivity index (χ4v) is 4.35. The molecule has 0 aliphatic carbocycles. The normalized spacial score (nSPS) is 27.0. The molecule has 2 N–H and O–H groups in total. The van der Waals surface area contributed by atoms with E-state index in [1.807, 2.05) is 27.8 Å². The second-order valence-corrected chi connectivity index (χ2v) is 9.61. The number of aliphatic imine (C=N–C) groups is 1. The molecule has 2 saturated heterocycles. The van der Waals surface area contributed by atoms with E-state index in [-0.39, 0.29) is 12.1 Å². The number of rotatable bonds is 5. The van der Waals surface area contributed by atoms with Gasteiger partial charge in [-0.1, -0.05) is 13.8 Å². The van der Waals surface area contributed by atoms with Crippen LogP contribution in [0.4, 0.5) is 4.79 Å². The molecule has 0 aromatic carbocycles. The number of guanidine groups is 1. The van der Waals surface area contributed by atoms with E-state index in [9.17, 15) is 4.79 Å². The van der Waals surface area contributed by atoms with Gasteiger partial charge in [0.2, 0.25) is 0 Å². The summed E-state index contributed by atoms with van der Waals surface area (Å²) < 4.78 is 5.35. The summed E-state index contributed by atoms with van der Waals surface area (Å²) in [4.78, 5) is 21.2. The van der Waals surface area contributed by atoms with Gasteiger partial charge in [-0.15, -0.1) is 0 Å². The molecule has 0 aromatic heterocycles. The van der Waals surface area contributed by atoms with Gasteiger partial charge in [-0.3, -0.25) is 4.99 Å². The molecule has 7 heteroatoms. The Bertz CT molecular complexity index is 521. The first kappa shape index (κ1) is 22.8. The maximum atomic E-state index is 12.0. The second-order valence-electron chi connectivity index (χ2n) is 9.61. The molecule has 2 aliphatic heterocycles. The maximum absolute atomic E-state index is 12.0. The number of hydrogen-bond donors (Lipinski definition) is 2. The van der Waals surface area contributed by atoms with E-state index in [2.05, 4.69) is 39.3 Å². The first-order chi connectivity index (χ1) is 13.2. The van der Waals surface area contributed by atoms with Crippen molar-refractivity contribution in [1.82, 2.24) is 20.4 Å². The molecule has 3 atom stereocenters. The van der Waals surface area contributed by atoms with Gasteiger partial charge >= 0.3 is 6.09 Å². The Hall–Kier alpha value is -1.50. The van der Waals surface area contributed by atoms with Crippen LogP contribution in [0.2, 0.25) is 0 Å². The van der Waals surface area contributed by atoms with Crippen LogP contribution < -0.4 is 10.6 Å². The van der Waals surface area contributed by atoms with Gasteiger partial charge in [0.25, 0.3) is 0 Å². The van der Waals surface area contributed by atoms with Gasteiger partial charge in [0.15, 0.2) is 5.96 Å². The molecule has 0 bridgehead atoms. The van der Waals surface area contributed by atoms with Crippen LogP contribution in [0.5, 0.6) is 0 Å². The largest absolute Gasteiger partial charge is 0.444 e. The number of nitrogens with zero attached hydrogens (tertiary/aromatic N) is 3. The molecule has 7 nitrogen and oxygen atoms in total. The number of hydrogen-bond acceptors (Lipinski definition) is 4. The first-order valence-corrected chi connectivity index (χ1v) is 10.8. The van der Waals surface area contributed by atoms with Crippen molar-refractivity contribution in [2.75, 3.05) is 46.3 Å². The van der Waals surface area contributed by atoms with Crippen molar-refractivity contribution in [3.05, 3.63) is 0 Å². The summed E-state index contributed by atoms with van der Waals surface area (Å²) in [5.74, 6) is 2.54. The number of nitrogens with one attached hydrogen (secondary N) is 2. The van der Waals surface area contributed by atoms with Gasteiger partial charge in [-0.25, -0.2) is 4.79 Å². The van der Waals surface area contributed by atoms with Crippen LogP contribution in [0.1, 0.15) is 53.9 Å². The maximum Gasteiger partial charge on any atom is 0.407 e. The minimum absolute atomic E-state index is 0.102. The van der Waals surface area contributed by atoms with E-state index in [4.69, 9.17) is 4.74 Å². The standard InChI is InChI=1S/C21H41N5O2/c1-16-12-17(2)14-25(13-16)10-7-9-23-19(22-6)26-11-8-18(15-26)24-20(27)28-21(3,4)5/h16-18H,7-15H2,1-6H3,(H,22,23)(H,24,27). The molecule has 2 aliphatic rings. The zero-order chi connectivity index (χ0) is 20.7. The summed E-state index contributed by atoms with van der Waals surface area (Å²) >= 11 is 0. The molecule has 3 unspecified atom stereocenters. The van der Waals surface area contributed by atoms with Crippen LogP contribution in [0.25, 0.3) is 0 Å². The van der Waals surface area contributed by atoms with E-state index < -0.39 is 5.60 Å². The lowest BCUT2D eigenvalue weighted by Gasteiger charge is -2.35. The minimum Gasteiger partial charge on any atom is -0.444 e. The van der Waals surface area contributed by atoms with Crippen molar-refractivity contribution < 1.29 is 9.53 Å². The van der Waals surface area contributed by atoms with Crippen molar-refractivity contribution in [1.29, 1.82) is 0 Å². The van der Waals surface area contributed by atoms with Gasteiger partial charge in [-0.05, 0) is 58.4 Å². The van der Waals surface area contributed by atoms with E-state index >= 15 is 0 Å². The number of amides is 1. The lowest BCUT2D eigenvalue weighted by molar-refractivity contribution is 0.0507. The Morgan fingerprint density at radius 3 is 2.46 bits per heavy atom. The third kappa shape index (κ3) is 7.86. The highest BCUT2D eigenvalue weighted by atomic mass is 16.6. The molecule has 0 aromatic rings. The first-order valence-electron chi connectivity index (χ1n) is 10.8. The van der Waals surface area contributed by atoms with E-state index in [1.54, 1.807) is 0 Å². The fourth-order valence-electron chi connectivity index (χ4n) is 4.35. The van der Waals surface area contributed by atoms with E-state index in [0.29, 0.717) is 0 Å². The molecule has 2 heterocycles. The Labute approximate surface area is 171 Å². The summed E-state index contributed by atoms with van der Waals surface area (Å²) in [6.45, 7) is 16.5. The zero-order valence-corrected chi connectivity index (χ0v) is 18.8. The Kier molecular flexibility index (Phi) is 8.40. The summed E-state index contributed by atoms with van der Waals surface area (Å²) in [6, 6.07) is 0.102. The molecule has 2 rings (SSSR count). The monoisotopic (exact) mass is 395 g/mol. The van der Waals surface area contributed by atoms with Gasteiger partial charge in [-0.2, -0.15) is 0 Å². The molecule has 162 valence electrons. The van der Waals surface area contributed by atoms with Crippen molar-refractivity contribution in [3.8, 4) is 0 Å². The zero-order valence-electron chi connectivity index (χ0n) is 18.8. The minimum atomic E-state index is -0.468. The summed E-state index contributed by atoms with van der Waals surface area (Å²) in [5, 5.41) is 6.46. The Morgan fingerprint density at radius 2 is 1.86 bits per heavy atom. The third-order valence-corrected chi connectivity index (χ3v) is 5.30. The van der Waals surface area contributed by atoms with Gasteiger partial charge in [0, 0.05) is 39.8 Å².